The van der Waals surface area contributed by atoms with Crippen molar-refractivity contribution in [1.82, 2.24) is 0 Å². The lowest BCUT2D eigenvalue weighted by Crippen LogP contribution is -2.33. The molecule has 140 valence electrons. The molecule has 2 N–H and O–H groups in total. The second kappa shape index (κ2) is 5.29. The fraction of sp³-hybridized carbons (Fsp3) is 0.174. The van der Waals surface area contributed by atoms with E-state index in [2.05, 4.69) is 0 Å². The number of rotatable bonds is 0. The van der Waals surface area contributed by atoms with Crippen LogP contribution in [0.2, 0.25) is 0 Å². The molecule has 1 spiro atoms. The van der Waals surface area contributed by atoms with Crippen LogP contribution in [-0.2, 0) is 10.3 Å². The summed E-state index contributed by atoms with van der Waals surface area (Å²) in [5, 5.41) is 19.9. The van der Waals surface area contributed by atoms with Gasteiger partial charge in [0, 0.05) is 28.8 Å². The van der Waals surface area contributed by atoms with Crippen molar-refractivity contribution < 1.29 is 24.5 Å². The second-order valence-corrected chi connectivity index (χ2v) is 7.40. The number of hydrogen-bond donors (Lipinski definition) is 2. The van der Waals surface area contributed by atoms with Crippen molar-refractivity contribution in [2.24, 2.45) is 0 Å². The van der Waals surface area contributed by atoms with Gasteiger partial charge in [-0.1, -0.05) is 6.07 Å². The summed E-state index contributed by atoms with van der Waals surface area (Å²) >= 11 is 0. The molecule has 2 heterocycles. The fourth-order valence-electron chi connectivity index (χ4n) is 4.30. The van der Waals surface area contributed by atoms with Gasteiger partial charge in [-0.3, -0.25) is 0 Å². The number of aromatic hydroxyl groups is 2. The minimum absolute atomic E-state index is 0.0401. The third kappa shape index (κ3) is 1.93. The number of fused-ring (bicyclic) bond motifs is 6. The molecule has 0 bridgehead atoms. The number of hydrogen-bond acceptors (Lipinski definition) is 5. The van der Waals surface area contributed by atoms with Crippen molar-refractivity contribution in [3.63, 3.8) is 0 Å². The van der Waals surface area contributed by atoms with Crippen molar-refractivity contribution in [3.05, 3.63) is 81.4 Å². The van der Waals surface area contributed by atoms with Crippen LogP contribution < -0.4 is 4.74 Å². The van der Waals surface area contributed by atoms with Gasteiger partial charge >= 0.3 is 5.97 Å². The molecule has 0 unspecified atom stereocenters. The molecule has 0 amide bonds. The first-order valence-corrected chi connectivity index (χ1v) is 9.02. The highest BCUT2D eigenvalue weighted by Gasteiger charge is 2.54. The Labute approximate surface area is 161 Å². The Balaban J connectivity index is 1.94. The van der Waals surface area contributed by atoms with Gasteiger partial charge in [0.1, 0.15) is 23.0 Å². The number of carbonyl (C=O) groups excluding carboxylic acids is 1. The molecule has 5 rings (SSSR count). The Morgan fingerprint density at radius 3 is 1.93 bits per heavy atom. The van der Waals surface area contributed by atoms with Crippen LogP contribution in [-0.4, -0.2) is 16.2 Å². The molecule has 2 aliphatic rings. The number of esters is 1. The summed E-state index contributed by atoms with van der Waals surface area (Å²) in [6.45, 7) is 5.93. The first-order valence-electron chi connectivity index (χ1n) is 9.02. The van der Waals surface area contributed by atoms with Crippen molar-refractivity contribution in [3.8, 4) is 23.0 Å². The molecule has 28 heavy (non-hydrogen) atoms. The van der Waals surface area contributed by atoms with Gasteiger partial charge in [0.15, 0.2) is 5.60 Å². The van der Waals surface area contributed by atoms with Crippen molar-refractivity contribution in [1.29, 1.82) is 0 Å². The summed E-state index contributed by atoms with van der Waals surface area (Å²) in [5.74, 6) is 0.455. The molecule has 2 aliphatic heterocycles. The largest absolute Gasteiger partial charge is 0.508 e. The normalized spacial score (nSPS) is 15.5. The van der Waals surface area contributed by atoms with Gasteiger partial charge in [-0.05, 0) is 61.7 Å². The minimum atomic E-state index is -1.19. The topological polar surface area (TPSA) is 76.0 Å². The predicted octanol–water partition coefficient (Wildman–Crippen LogP) is 4.59. The van der Waals surface area contributed by atoms with Gasteiger partial charge in [0.25, 0.3) is 0 Å². The summed E-state index contributed by atoms with van der Waals surface area (Å²) in [4.78, 5) is 13.0. The van der Waals surface area contributed by atoms with Crippen LogP contribution in [0, 0.1) is 20.8 Å². The molecular formula is C23H18O5. The van der Waals surface area contributed by atoms with E-state index in [1.165, 1.54) is 12.1 Å². The SMILES string of the molecule is Cc1cc2c(c(C)c1C)C(=O)OC21c2ccc(O)cc2Oc2cc(O)ccc21. The zero-order valence-corrected chi connectivity index (χ0v) is 15.7. The monoisotopic (exact) mass is 374 g/mol. The standard InChI is InChI=1S/C23H18O5/c1-11-8-18-21(13(3)12(11)2)22(26)28-23(18)16-6-4-14(24)9-19(16)27-20-10-15(25)5-7-17(20)23/h4-10,24-25H,1-3H3. The summed E-state index contributed by atoms with van der Waals surface area (Å²) in [5.41, 5.74) is 4.39. The van der Waals surface area contributed by atoms with Crippen LogP contribution in [0.3, 0.4) is 0 Å². The van der Waals surface area contributed by atoms with E-state index in [4.69, 9.17) is 9.47 Å². The van der Waals surface area contributed by atoms with Crippen LogP contribution in [0.25, 0.3) is 0 Å². The molecule has 0 saturated heterocycles. The van der Waals surface area contributed by atoms with Crippen LogP contribution in [0.15, 0.2) is 42.5 Å². The van der Waals surface area contributed by atoms with Gasteiger partial charge in [-0.15, -0.1) is 0 Å². The maximum absolute atomic E-state index is 13.0. The Bertz CT molecular complexity index is 1140. The van der Waals surface area contributed by atoms with Gasteiger partial charge < -0.3 is 19.7 Å². The van der Waals surface area contributed by atoms with Crippen LogP contribution in [0.4, 0.5) is 0 Å². The number of phenolic OH excluding ortho intramolecular Hbond substituents is 2. The van der Waals surface area contributed by atoms with Gasteiger partial charge in [0.05, 0.1) is 5.56 Å². The van der Waals surface area contributed by atoms with E-state index >= 15 is 0 Å². The van der Waals surface area contributed by atoms with Crippen molar-refractivity contribution >= 4 is 5.97 Å². The quantitative estimate of drug-likeness (QED) is 0.563. The lowest BCUT2D eigenvalue weighted by atomic mass is 9.76. The number of ether oxygens (including phenoxy) is 2. The fourth-order valence-corrected chi connectivity index (χ4v) is 4.30. The molecule has 3 aromatic rings. The van der Waals surface area contributed by atoms with E-state index in [0.29, 0.717) is 28.2 Å². The highest BCUT2D eigenvalue weighted by atomic mass is 16.6. The van der Waals surface area contributed by atoms with E-state index in [-0.39, 0.29) is 11.5 Å². The Morgan fingerprint density at radius 2 is 1.36 bits per heavy atom. The third-order valence-electron chi connectivity index (χ3n) is 5.90. The van der Waals surface area contributed by atoms with Gasteiger partial charge in [-0.2, -0.15) is 0 Å². The minimum Gasteiger partial charge on any atom is -0.508 e. The van der Waals surface area contributed by atoms with Crippen LogP contribution >= 0.6 is 0 Å². The molecule has 0 radical (unpaired) electrons. The maximum atomic E-state index is 13.0. The molecule has 0 aromatic heterocycles. The highest BCUT2D eigenvalue weighted by molar-refractivity contribution is 5.99. The summed E-state index contributed by atoms with van der Waals surface area (Å²) in [6.07, 6.45) is 0. The Hall–Kier alpha value is -3.47. The predicted molar refractivity (Wildman–Crippen MR) is 102 cm³/mol. The first-order chi connectivity index (χ1) is 13.3. The van der Waals surface area contributed by atoms with E-state index in [1.807, 2.05) is 26.8 Å². The zero-order valence-electron chi connectivity index (χ0n) is 15.7. The molecular weight excluding hydrogens is 356 g/mol. The van der Waals surface area contributed by atoms with Crippen LogP contribution in [0.1, 0.15) is 43.7 Å². The van der Waals surface area contributed by atoms with Crippen LogP contribution in [0.5, 0.6) is 23.0 Å². The molecule has 3 aromatic carbocycles. The number of carbonyl (C=O) groups is 1. The van der Waals surface area contributed by atoms with Crippen molar-refractivity contribution in [2.75, 3.05) is 0 Å². The molecule has 0 atom stereocenters. The molecule has 0 saturated carbocycles. The van der Waals surface area contributed by atoms with Gasteiger partial charge in [0.2, 0.25) is 0 Å². The third-order valence-corrected chi connectivity index (χ3v) is 5.90. The average molecular weight is 374 g/mol. The number of phenols is 2. The first kappa shape index (κ1) is 16.7. The molecule has 0 fully saturated rings. The highest BCUT2D eigenvalue weighted by Crippen LogP contribution is 2.57. The van der Waals surface area contributed by atoms with Gasteiger partial charge in [-0.25, -0.2) is 4.79 Å². The lowest BCUT2D eigenvalue weighted by molar-refractivity contribution is 0.0224. The summed E-state index contributed by atoms with van der Waals surface area (Å²) in [7, 11) is 0. The maximum Gasteiger partial charge on any atom is 0.340 e. The summed E-state index contributed by atoms with van der Waals surface area (Å²) in [6, 6.07) is 11.5. The average Bonchev–Trinajstić information content (AvgIpc) is 2.92. The lowest BCUT2D eigenvalue weighted by Gasteiger charge is -2.36. The molecule has 5 heteroatoms. The Kier molecular flexibility index (Phi) is 3.15. The number of benzene rings is 3. The molecule has 0 aliphatic carbocycles. The number of aryl methyl sites for hydroxylation is 1. The molecule has 5 nitrogen and oxygen atoms in total. The van der Waals surface area contributed by atoms with E-state index in [9.17, 15) is 15.0 Å². The van der Waals surface area contributed by atoms with E-state index in [0.717, 1.165) is 22.3 Å². The van der Waals surface area contributed by atoms with E-state index < -0.39 is 11.6 Å². The van der Waals surface area contributed by atoms with Crippen molar-refractivity contribution in [2.45, 2.75) is 26.4 Å². The summed E-state index contributed by atoms with van der Waals surface area (Å²) < 4.78 is 12.1. The van der Waals surface area contributed by atoms with E-state index in [1.54, 1.807) is 24.3 Å². The second-order valence-electron chi connectivity index (χ2n) is 7.40. The zero-order chi connectivity index (χ0) is 19.8. The Morgan fingerprint density at radius 1 is 0.786 bits per heavy atom. The smallest absolute Gasteiger partial charge is 0.340 e.